The summed E-state index contributed by atoms with van der Waals surface area (Å²) in [5.41, 5.74) is 0.782. The zero-order chi connectivity index (χ0) is 18.7. The lowest BCUT2D eigenvalue weighted by Gasteiger charge is -2.32. The second-order valence-corrected chi connectivity index (χ2v) is 9.29. The monoisotopic (exact) mass is 391 g/mol. The molecule has 8 heteroatoms. The van der Waals surface area contributed by atoms with Crippen LogP contribution >= 0.6 is 0 Å². The van der Waals surface area contributed by atoms with Gasteiger partial charge in [-0.1, -0.05) is 41.9 Å². The van der Waals surface area contributed by atoms with Crippen molar-refractivity contribution in [3.8, 4) is 0 Å². The standard InChI is InChI=1S/C19H25N3O4S/c23-27(24,14-16-6-2-1-3-7-16)22-11-5-4-8-17(22)19-20-18(26-21-19)13-25-12-15-9-10-15/h1-3,6-7,15,17H,4-5,8-14H2. The average Bonchev–Trinajstić information content (AvgIpc) is 3.38. The van der Waals surface area contributed by atoms with Gasteiger partial charge in [-0.25, -0.2) is 8.42 Å². The first kappa shape index (κ1) is 18.6. The second-order valence-electron chi connectivity index (χ2n) is 7.37. The fourth-order valence-electron chi connectivity index (χ4n) is 3.42. The molecule has 0 radical (unpaired) electrons. The molecule has 2 aliphatic rings. The third-order valence-electron chi connectivity index (χ3n) is 5.06. The van der Waals surface area contributed by atoms with Crippen LogP contribution in [0.2, 0.25) is 0 Å². The third-order valence-corrected chi connectivity index (χ3v) is 6.91. The molecule has 2 aromatic rings. The zero-order valence-corrected chi connectivity index (χ0v) is 16.1. The first-order valence-corrected chi connectivity index (χ1v) is 11.2. The van der Waals surface area contributed by atoms with E-state index in [9.17, 15) is 8.42 Å². The average molecular weight is 391 g/mol. The molecule has 0 N–H and O–H groups in total. The second kappa shape index (κ2) is 8.08. The molecule has 1 saturated heterocycles. The highest BCUT2D eigenvalue weighted by molar-refractivity contribution is 7.88. The number of nitrogens with zero attached hydrogens (tertiary/aromatic N) is 3. The zero-order valence-electron chi connectivity index (χ0n) is 15.3. The molecular weight excluding hydrogens is 366 g/mol. The highest BCUT2D eigenvalue weighted by Crippen LogP contribution is 2.33. The van der Waals surface area contributed by atoms with E-state index in [1.807, 2.05) is 30.3 Å². The number of hydrogen-bond acceptors (Lipinski definition) is 6. The lowest BCUT2D eigenvalue weighted by molar-refractivity contribution is 0.0894. The molecule has 2 heterocycles. The van der Waals surface area contributed by atoms with Crippen molar-refractivity contribution in [2.24, 2.45) is 5.92 Å². The van der Waals surface area contributed by atoms with Gasteiger partial charge in [-0.2, -0.15) is 9.29 Å². The SMILES string of the molecule is O=S(=O)(Cc1ccccc1)N1CCCCC1c1noc(COCC2CC2)n1. The number of piperidine rings is 1. The maximum Gasteiger partial charge on any atom is 0.252 e. The fraction of sp³-hybridized carbons (Fsp3) is 0.579. The molecule has 0 spiro atoms. The van der Waals surface area contributed by atoms with Crippen molar-refractivity contribution in [1.29, 1.82) is 0 Å². The summed E-state index contributed by atoms with van der Waals surface area (Å²) in [6.07, 6.45) is 4.95. The van der Waals surface area contributed by atoms with E-state index in [-0.39, 0.29) is 18.4 Å². The van der Waals surface area contributed by atoms with Crippen LogP contribution in [-0.2, 0) is 27.1 Å². The lowest BCUT2D eigenvalue weighted by Crippen LogP contribution is -2.39. The minimum absolute atomic E-state index is 0.0143. The summed E-state index contributed by atoms with van der Waals surface area (Å²) in [4.78, 5) is 4.41. The predicted molar refractivity (Wildman–Crippen MR) is 99.0 cm³/mol. The van der Waals surface area contributed by atoms with Crippen LogP contribution in [0.4, 0.5) is 0 Å². The molecule has 1 aromatic heterocycles. The molecule has 1 aromatic carbocycles. The summed E-state index contributed by atoms with van der Waals surface area (Å²) in [5.74, 6) is 1.51. The number of benzene rings is 1. The van der Waals surface area contributed by atoms with Gasteiger partial charge in [0.25, 0.3) is 5.89 Å². The normalized spacial score (nSPS) is 21.4. The number of sulfonamides is 1. The summed E-state index contributed by atoms with van der Waals surface area (Å²) in [5, 5.41) is 4.05. The van der Waals surface area contributed by atoms with Gasteiger partial charge in [-0.3, -0.25) is 0 Å². The Labute approximate surface area is 159 Å². The minimum Gasteiger partial charge on any atom is -0.371 e. The fourth-order valence-corrected chi connectivity index (χ4v) is 5.20. The molecule has 4 rings (SSSR count). The summed E-state index contributed by atoms with van der Waals surface area (Å²) in [6, 6.07) is 8.89. The van der Waals surface area contributed by atoms with E-state index >= 15 is 0 Å². The highest BCUT2D eigenvalue weighted by atomic mass is 32.2. The van der Waals surface area contributed by atoms with Crippen LogP contribution in [0.1, 0.15) is 55.4 Å². The maximum atomic E-state index is 13.0. The van der Waals surface area contributed by atoms with Crippen LogP contribution in [0.25, 0.3) is 0 Å². The number of rotatable bonds is 8. The molecule has 0 bridgehead atoms. The minimum atomic E-state index is -3.46. The van der Waals surface area contributed by atoms with Gasteiger partial charge in [0.1, 0.15) is 6.61 Å². The Morgan fingerprint density at radius 3 is 2.74 bits per heavy atom. The molecule has 1 unspecified atom stereocenters. The molecular formula is C19H25N3O4S. The number of hydrogen-bond donors (Lipinski definition) is 0. The van der Waals surface area contributed by atoms with Crippen LogP contribution in [0.5, 0.6) is 0 Å². The Morgan fingerprint density at radius 1 is 1.15 bits per heavy atom. The van der Waals surface area contributed by atoms with E-state index in [0.29, 0.717) is 30.6 Å². The summed E-state index contributed by atoms with van der Waals surface area (Å²) in [6.45, 7) is 1.49. The summed E-state index contributed by atoms with van der Waals surface area (Å²) in [7, 11) is -3.46. The molecule has 1 aliphatic carbocycles. The molecule has 2 fully saturated rings. The Bertz CT molecular complexity index is 849. The number of ether oxygens (including phenoxy) is 1. The van der Waals surface area contributed by atoms with Gasteiger partial charge in [0.2, 0.25) is 10.0 Å². The van der Waals surface area contributed by atoms with Crippen LogP contribution < -0.4 is 0 Å². The highest BCUT2D eigenvalue weighted by Gasteiger charge is 2.36. The van der Waals surface area contributed by atoms with Crippen LogP contribution in [0.15, 0.2) is 34.9 Å². The number of aromatic nitrogens is 2. The van der Waals surface area contributed by atoms with E-state index in [1.165, 1.54) is 12.8 Å². The Balaban J connectivity index is 1.46. The van der Waals surface area contributed by atoms with E-state index in [4.69, 9.17) is 9.26 Å². The first-order valence-electron chi connectivity index (χ1n) is 9.55. The van der Waals surface area contributed by atoms with Gasteiger partial charge >= 0.3 is 0 Å². The predicted octanol–water partition coefficient (Wildman–Crippen LogP) is 3.05. The Kier molecular flexibility index (Phi) is 5.56. The van der Waals surface area contributed by atoms with Crippen molar-refractivity contribution < 1.29 is 17.7 Å². The Morgan fingerprint density at radius 2 is 1.96 bits per heavy atom. The smallest absolute Gasteiger partial charge is 0.252 e. The molecule has 27 heavy (non-hydrogen) atoms. The summed E-state index contributed by atoms with van der Waals surface area (Å²) >= 11 is 0. The topological polar surface area (TPSA) is 85.5 Å². The van der Waals surface area contributed by atoms with Gasteiger partial charge in [0.15, 0.2) is 5.82 Å². The van der Waals surface area contributed by atoms with Gasteiger partial charge in [-0.15, -0.1) is 0 Å². The molecule has 146 valence electrons. The van der Waals surface area contributed by atoms with Crippen molar-refractivity contribution in [2.75, 3.05) is 13.2 Å². The van der Waals surface area contributed by atoms with Crippen LogP contribution in [0, 0.1) is 5.92 Å². The van der Waals surface area contributed by atoms with Gasteiger partial charge < -0.3 is 9.26 Å². The van der Waals surface area contributed by atoms with Gasteiger partial charge in [0, 0.05) is 6.54 Å². The molecule has 1 atom stereocenters. The quantitative estimate of drug-likeness (QED) is 0.687. The Hall–Kier alpha value is -1.77. The van der Waals surface area contributed by atoms with Gasteiger partial charge in [-0.05, 0) is 37.2 Å². The van der Waals surface area contributed by atoms with Crippen molar-refractivity contribution in [3.05, 3.63) is 47.6 Å². The molecule has 7 nitrogen and oxygen atoms in total. The van der Waals surface area contributed by atoms with Crippen molar-refractivity contribution in [2.45, 2.75) is 50.5 Å². The van der Waals surface area contributed by atoms with Crippen LogP contribution in [0.3, 0.4) is 0 Å². The van der Waals surface area contributed by atoms with Gasteiger partial charge in [0.05, 0.1) is 18.4 Å². The van der Waals surface area contributed by atoms with Crippen molar-refractivity contribution >= 4 is 10.0 Å². The maximum absolute atomic E-state index is 13.0. The largest absolute Gasteiger partial charge is 0.371 e. The third kappa shape index (κ3) is 4.75. The van der Waals surface area contributed by atoms with Crippen molar-refractivity contribution in [3.63, 3.8) is 0 Å². The summed E-state index contributed by atoms with van der Waals surface area (Å²) < 4.78 is 38.5. The van der Waals surface area contributed by atoms with E-state index in [0.717, 1.165) is 25.0 Å². The molecule has 1 aliphatic heterocycles. The molecule has 0 amide bonds. The van der Waals surface area contributed by atoms with Crippen molar-refractivity contribution in [1.82, 2.24) is 14.4 Å². The van der Waals surface area contributed by atoms with E-state index in [1.54, 1.807) is 4.31 Å². The first-order chi connectivity index (χ1) is 13.1. The van der Waals surface area contributed by atoms with E-state index < -0.39 is 10.0 Å². The molecule has 1 saturated carbocycles. The van der Waals surface area contributed by atoms with E-state index in [2.05, 4.69) is 10.1 Å². The van der Waals surface area contributed by atoms with Crippen LogP contribution in [-0.4, -0.2) is 36.0 Å². The lowest BCUT2D eigenvalue weighted by atomic mass is 10.0.